The Morgan fingerprint density at radius 2 is 1.84 bits per heavy atom. The number of nitrogens with one attached hydrogen (secondary N) is 1. The molecule has 32 heavy (non-hydrogen) atoms. The fourth-order valence-corrected chi connectivity index (χ4v) is 3.80. The number of carbonyl (C=O) groups is 2. The van der Waals surface area contributed by atoms with E-state index in [0.717, 1.165) is 30.6 Å². The van der Waals surface area contributed by atoms with Crippen LogP contribution in [0.25, 0.3) is 0 Å². The molecule has 172 valence electrons. The number of ether oxygens (including phenoxy) is 3. The summed E-state index contributed by atoms with van der Waals surface area (Å²) >= 11 is 0. The van der Waals surface area contributed by atoms with Gasteiger partial charge in [-0.2, -0.15) is 0 Å². The number of benzene rings is 2. The van der Waals surface area contributed by atoms with E-state index < -0.39 is 6.04 Å². The quantitative estimate of drug-likeness (QED) is 0.615. The van der Waals surface area contributed by atoms with Crippen molar-refractivity contribution in [2.75, 3.05) is 27.4 Å². The Hall–Kier alpha value is -3.06. The SMILES string of the molecule is COc1ccc(CC(=O)N(Cc2ccccc2)[C@@H](C)C(=O)NC[C@@H]2CCCO2)cc1OC. The van der Waals surface area contributed by atoms with Crippen LogP contribution in [0.1, 0.15) is 30.9 Å². The van der Waals surface area contributed by atoms with Crippen molar-refractivity contribution >= 4 is 11.8 Å². The van der Waals surface area contributed by atoms with E-state index in [1.54, 1.807) is 38.2 Å². The van der Waals surface area contributed by atoms with Crippen LogP contribution in [-0.2, 0) is 27.3 Å². The third-order valence-corrected chi connectivity index (χ3v) is 5.69. The number of carbonyl (C=O) groups excluding carboxylic acids is 2. The van der Waals surface area contributed by atoms with Gasteiger partial charge in [0.25, 0.3) is 0 Å². The normalized spacial score (nSPS) is 16.3. The van der Waals surface area contributed by atoms with E-state index in [0.29, 0.717) is 24.6 Å². The predicted molar refractivity (Wildman–Crippen MR) is 122 cm³/mol. The molecule has 0 aromatic heterocycles. The van der Waals surface area contributed by atoms with Gasteiger partial charge in [0.2, 0.25) is 11.8 Å². The summed E-state index contributed by atoms with van der Waals surface area (Å²) in [5, 5.41) is 2.95. The van der Waals surface area contributed by atoms with E-state index in [4.69, 9.17) is 14.2 Å². The van der Waals surface area contributed by atoms with Gasteiger partial charge in [0, 0.05) is 19.7 Å². The van der Waals surface area contributed by atoms with Crippen molar-refractivity contribution in [1.29, 1.82) is 0 Å². The van der Waals surface area contributed by atoms with Gasteiger partial charge >= 0.3 is 0 Å². The van der Waals surface area contributed by atoms with Crippen LogP contribution in [0.15, 0.2) is 48.5 Å². The number of amides is 2. The first-order valence-electron chi connectivity index (χ1n) is 11.0. The van der Waals surface area contributed by atoms with Crippen molar-refractivity contribution in [3.05, 3.63) is 59.7 Å². The number of methoxy groups -OCH3 is 2. The molecule has 7 heteroatoms. The van der Waals surface area contributed by atoms with E-state index >= 15 is 0 Å². The predicted octanol–water partition coefficient (Wildman–Crippen LogP) is 2.96. The van der Waals surface area contributed by atoms with Gasteiger partial charge in [-0.1, -0.05) is 36.4 Å². The molecular formula is C25H32N2O5. The molecule has 1 aliphatic rings. The molecule has 0 saturated carbocycles. The van der Waals surface area contributed by atoms with Crippen LogP contribution >= 0.6 is 0 Å². The van der Waals surface area contributed by atoms with Crippen LogP contribution in [-0.4, -0.2) is 56.2 Å². The topological polar surface area (TPSA) is 77.1 Å². The average Bonchev–Trinajstić information content (AvgIpc) is 3.34. The van der Waals surface area contributed by atoms with Crippen LogP contribution in [0, 0.1) is 0 Å². The van der Waals surface area contributed by atoms with Crippen molar-refractivity contribution in [2.24, 2.45) is 0 Å². The Morgan fingerprint density at radius 1 is 1.09 bits per heavy atom. The summed E-state index contributed by atoms with van der Waals surface area (Å²) in [7, 11) is 3.13. The second-order valence-electron chi connectivity index (χ2n) is 7.93. The van der Waals surface area contributed by atoms with Crippen LogP contribution < -0.4 is 14.8 Å². The highest BCUT2D eigenvalue weighted by molar-refractivity contribution is 5.88. The summed E-state index contributed by atoms with van der Waals surface area (Å²) < 4.78 is 16.2. The zero-order valence-electron chi connectivity index (χ0n) is 19.0. The highest BCUT2D eigenvalue weighted by Crippen LogP contribution is 2.28. The summed E-state index contributed by atoms with van der Waals surface area (Å²) in [4.78, 5) is 27.8. The lowest BCUT2D eigenvalue weighted by Gasteiger charge is -2.29. The van der Waals surface area contributed by atoms with Gasteiger partial charge < -0.3 is 24.4 Å². The molecule has 0 radical (unpaired) electrons. The first-order valence-corrected chi connectivity index (χ1v) is 11.0. The Labute approximate surface area is 189 Å². The van der Waals surface area contributed by atoms with Crippen molar-refractivity contribution in [3.8, 4) is 11.5 Å². The van der Waals surface area contributed by atoms with Crippen LogP contribution in [0.2, 0.25) is 0 Å². The summed E-state index contributed by atoms with van der Waals surface area (Å²) in [5.74, 6) is 0.847. The van der Waals surface area contributed by atoms with Gasteiger partial charge in [0.15, 0.2) is 11.5 Å². The lowest BCUT2D eigenvalue weighted by Crippen LogP contribution is -2.49. The molecule has 2 amide bonds. The lowest BCUT2D eigenvalue weighted by molar-refractivity contribution is -0.140. The molecule has 2 aromatic carbocycles. The highest BCUT2D eigenvalue weighted by Gasteiger charge is 2.27. The monoisotopic (exact) mass is 440 g/mol. The molecule has 7 nitrogen and oxygen atoms in total. The third kappa shape index (κ3) is 6.23. The van der Waals surface area contributed by atoms with E-state index in [1.165, 1.54) is 0 Å². The Bertz CT molecular complexity index is 896. The summed E-state index contributed by atoms with van der Waals surface area (Å²) in [6.07, 6.45) is 2.16. The molecule has 1 saturated heterocycles. The first kappa shape index (κ1) is 23.6. The van der Waals surface area contributed by atoms with Crippen molar-refractivity contribution < 1.29 is 23.8 Å². The van der Waals surface area contributed by atoms with E-state index in [9.17, 15) is 9.59 Å². The molecule has 3 rings (SSSR count). The number of hydrogen-bond donors (Lipinski definition) is 1. The van der Waals surface area contributed by atoms with E-state index in [2.05, 4.69) is 5.32 Å². The molecule has 1 N–H and O–H groups in total. The Kier molecular flexibility index (Phi) is 8.50. The average molecular weight is 441 g/mol. The molecule has 2 aromatic rings. The maximum Gasteiger partial charge on any atom is 0.242 e. The molecule has 1 aliphatic heterocycles. The van der Waals surface area contributed by atoms with Gasteiger partial charge in [0.05, 0.1) is 26.7 Å². The standard InChI is InChI=1S/C25H32N2O5/c1-18(25(29)26-16-21-10-7-13-32-21)27(17-19-8-5-4-6-9-19)24(28)15-20-11-12-22(30-2)23(14-20)31-3/h4-6,8-9,11-12,14,18,21H,7,10,13,15-17H2,1-3H3,(H,26,29)/t18-,21-/m0/s1. The second kappa shape index (κ2) is 11.5. The van der Waals surface area contributed by atoms with E-state index in [-0.39, 0.29) is 24.3 Å². The molecule has 0 aliphatic carbocycles. The fraction of sp³-hybridized carbons (Fsp3) is 0.440. The molecule has 2 atom stereocenters. The van der Waals surface area contributed by atoms with Gasteiger partial charge in [-0.05, 0) is 43.0 Å². The van der Waals surface area contributed by atoms with Gasteiger partial charge in [-0.25, -0.2) is 0 Å². The zero-order valence-corrected chi connectivity index (χ0v) is 19.0. The second-order valence-corrected chi connectivity index (χ2v) is 7.93. The third-order valence-electron chi connectivity index (χ3n) is 5.69. The molecule has 0 spiro atoms. The van der Waals surface area contributed by atoms with E-state index in [1.807, 2.05) is 36.4 Å². The molecule has 0 bridgehead atoms. The van der Waals surface area contributed by atoms with Crippen molar-refractivity contribution in [3.63, 3.8) is 0 Å². The minimum absolute atomic E-state index is 0.0520. The zero-order chi connectivity index (χ0) is 22.9. The summed E-state index contributed by atoms with van der Waals surface area (Å²) in [6, 6.07) is 14.5. The maximum atomic E-state index is 13.3. The molecule has 1 fully saturated rings. The van der Waals surface area contributed by atoms with Gasteiger partial charge in [0.1, 0.15) is 6.04 Å². The van der Waals surface area contributed by atoms with Crippen LogP contribution in [0.5, 0.6) is 11.5 Å². The first-order chi connectivity index (χ1) is 15.5. The Balaban J connectivity index is 1.73. The maximum absolute atomic E-state index is 13.3. The molecular weight excluding hydrogens is 408 g/mol. The van der Waals surface area contributed by atoms with Gasteiger partial charge in [-0.3, -0.25) is 9.59 Å². The number of rotatable bonds is 10. The number of hydrogen-bond acceptors (Lipinski definition) is 5. The fourth-order valence-electron chi connectivity index (χ4n) is 3.80. The largest absolute Gasteiger partial charge is 0.493 e. The minimum atomic E-state index is -0.621. The van der Waals surface area contributed by atoms with Crippen molar-refractivity contribution in [2.45, 2.75) is 44.9 Å². The summed E-state index contributed by atoms with van der Waals surface area (Å²) in [5.41, 5.74) is 1.75. The number of nitrogens with zero attached hydrogens (tertiary/aromatic N) is 1. The molecule has 0 unspecified atom stereocenters. The van der Waals surface area contributed by atoms with Crippen molar-refractivity contribution in [1.82, 2.24) is 10.2 Å². The highest BCUT2D eigenvalue weighted by atomic mass is 16.5. The van der Waals surface area contributed by atoms with Gasteiger partial charge in [-0.15, -0.1) is 0 Å². The molecule has 1 heterocycles. The lowest BCUT2D eigenvalue weighted by atomic mass is 10.1. The smallest absolute Gasteiger partial charge is 0.242 e. The van der Waals surface area contributed by atoms with Crippen LogP contribution in [0.4, 0.5) is 0 Å². The Morgan fingerprint density at radius 3 is 2.50 bits per heavy atom. The van der Waals surface area contributed by atoms with Crippen LogP contribution in [0.3, 0.4) is 0 Å². The minimum Gasteiger partial charge on any atom is -0.493 e. The summed E-state index contributed by atoms with van der Waals surface area (Å²) in [6.45, 7) is 3.31.